The summed E-state index contributed by atoms with van der Waals surface area (Å²) in [7, 11) is 0. The molecule has 5 heteroatoms. The summed E-state index contributed by atoms with van der Waals surface area (Å²) >= 11 is 0. The van der Waals surface area contributed by atoms with Crippen LogP contribution in [0.25, 0.3) is 0 Å². The molecule has 1 aromatic carbocycles. The fourth-order valence-electron chi connectivity index (χ4n) is 2.82. The van der Waals surface area contributed by atoms with Gasteiger partial charge in [-0.15, -0.1) is 0 Å². The average molecular weight is 290 g/mol. The Morgan fingerprint density at radius 1 is 1.14 bits per heavy atom. The van der Waals surface area contributed by atoms with E-state index >= 15 is 0 Å². The van der Waals surface area contributed by atoms with Crippen molar-refractivity contribution in [2.24, 2.45) is 11.7 Å². The molecule has 1 amide bonds. The van der Waals surface area contributed by atoms with Crippen molar-refractivity contribution in [3.63, 3.8) is 0 Å². The maximum Gasteiger partial charge on any atom is 0.308 e. The normalized spacial score (nSPS) is 22.3. The van der Waals surface area contributed by atoms with Crippen molar-refractivity contribution in [1.29, 1.82) is 0 Å². The SMILES string of the molecule is NCc1ccc(C(=O)NC2CCCCCC2C(=O)O)cc1. The first-order valence-corrected chi connectivity index (χ1v) is 7.44. The Kier molecular flexibility index (Phi) is 5.33. The van der Waals surface area contributed by atoms with Gasteiger partial charge in [0, 0.05) is 18.2 Å². The third-order valence-corrected chi connectivity index (χ3v) is 4.10. The smallest absolute Gasteiger partial charge is 0.308 e. The Bertz CT molecular complexity index is 499. The van der Waals surface area contributed by atoms with Crippen LogP contribution in [0, 0.1) is 5.92 Å². The molecule has 0 heterocycles. The standard InChI is InChI=1S/C16H22N2O3/c17-10-11-6-8-12(9-7-11)15(19)18-14-5-3-1-2-4-13(14)16(20)21/h6-9,13-14H,1-5,10,17H2,(H,18,19)(H,20,21). The van der Waals surface area contributed by atoms with Crippen LogP contribution in [0.5, 0.6) is 0 Å². The van der Waals surface area contributed by atoms with Gasteiger partial charge >= 0.3 is 5.97 Å². The van der Waals surface area contributed by atoms with E-state index in [4.69, 9.17) is 5.73 Å². The minimum absolute atomic E-state index is 0.211. The summed E-state index contributed by atoms with van der Waals surface area (Å²) in [4.78, 5) is 23.6. The molecule has 0 spiro atoms. The lowest BCUT2D eigenvalue weighted by Gasteiger charge is -2.22. The zero-order chi connectivity index (χ0) is 15.2. The first-order valence-electron chi connectivity index (χ1n) is 7.44. The summed E-state index contributed by atoms with van der Waals surface area (Å²) in [5, 5.41) is 12.2. The number of amides is 1. The number of carboxylic acid groups (broad SMARTS) is 1. The van der Waals surface area contributed by atoms with Crippen LogP contribution in [0.2, 0.25) is 0 Å². The summed E-state index contributed by atoms with van der Waals surface area (Å²) in [5.41, 5.74) is 7.03. The van der Waals surface area contributed by atoms with Gasteiger partial charge in [-0.05, 0) is 30.5 Å². The molecule has 0 bridgehead atoms. The molecule has 4 N–H and O–H groups in total. The van der Waals surface area contributed by atoms with Crippen LogP contribution in [0.1, 0.15) is 48.0 Å². The van der Waals surface area contributed by atoms with Gasteiger partial charge in [0.25, 0.3) is 5.91 Å². The largest absolute Gasteiger partial charge is 0.481 e. The van der Waals surface area contributed by atoms with E-state index in [0.29, 0.717) is 18.5 Å². The van der Waals surface area contributed by atoms with Gasteiger partial charge in [-0.2, -0.15) is 0 Å². The Morgan fingerprint density at radius 2 is 1.81 bits per heavy atom. The van der Waals surface area contributed by atoms with Crippen LogP contribution in [0.3, 0.4) is 0 Å². The highest BCUT2D eigenvalue weighted by Crippen LogP contribution is 2.24. The van der Waals surface area contributed by atoms with Crippen LogP contribution < -0.4 is 11.1 Å². The number of nitrogens with two attached hydrogens (primary N) is 1. The molecule has 1 aromatic rings. The van der Waals surface area contributed by atoms with E-state index in [9.17, 15) is 14.7 Å². The fourth-order valence-corrected chi connectivity index (χ4v) is 2.82. The number of rotatable bonds is 4. The van der Waals surface area contributed by atoms with Crippen molar-refractivity contribution < 1.29 is 14.7 Å². The van der Waals surface area contributed by atoms with Gasteiger partial charge in [-0.1, -0.05) is 31.4 Å². The van der Waals surface area contributed by atoms with Gasteiger partial charge in [-0.25, -0.2) is 0 Å². The maximum absolute atomic E-state index is 12.3. The molecule has 2 unspecified atom stereocenters. The number of nitrogens with one attached hydrogen (secondary N) is 1. The molecular formula is C16H22N2O3. The summed E-state index contributed by atoms with van der Waals surface area (Å²) in [6.45, 7) is 0.436. The number of carbonyl (C=O) groups excluding carboxylic acids is 1. The molecule has 2 rings (SSSR count). The second kappa shape index (κ2) is 7.22. The summed E-state index contributed by atoms with van der Waals surface area (Å²) in [5.74, 6) is -1.52. The fraction of sp³-hybridized carbons (Fsp3) is 0.500. The maximum atomic E-state index is 12.3. The Balaban J connectivity index is 2.06. The molecule has 114 valence electrons. The van der Waals surface area contributed by atoms with Crippen molar-refractivity contribution in [3.8, 4) is 0 Å². The molecule has 0 radical (unpaired) electrons. The topological polar surface area (TPSA) is 92.4 Å². The predicted octanol–water partition coefficient (Wildman–Crippen LogP) is 1.91. The lowest BCUT2D eigenvalue weighted by Crippen LogP contribution is -2.42. The number of hydrogen-bond donors (Lipinski definition) is 3. The molecule has 1 aliphatic carbocycles. The molecule has 2 atom stereocenters. The van der Waals surface area contributed by atoms with E-state index < -0.39 is 11.9 Å². The quantitative estimate of drug-likeness (QED) is 0.738. The molecule has 1 saturated carbocycles. The predicted molar refractivity (Wildman–Crippen MR) is 79.8 cm³/mol. The van der Waals surface area contributed by atoms with Crippen LogP contribution in [0.15, 0.2) is 24.3 Å². The van der Waals surface area contributed by atoms with Crippen molar-refractivity contribution in [1.82, 2.24) is 5.32 Å². The highest BCUT2D eigenvalue weighted by molar-refractivity contribution is 5.94. The van der Waals surface area contributed by atoms with E-state index in [1.807, 2.05) is 12.1 Å². The zero-order valence-electron chi connectivity index (χ0n) is 12.0. The van der Waals surface area contributed by atoms with Crippen LogP contribution in [-0.2, 0) is 11.3 Å². The summed E-state index contributed by atoms with van der Waals surface area (Å²) < 4.78 is 0. The monoisotopic (exact) mass is 290 g/mol. The van der Waals surface area contributed by atoms with Gasteiger partial charge in [0.2, 0.25) is 0 Å². The third-order valence-electron chi connectivity index (χ3n) is 4.10. The van der Waals surface area contributed by atoms with Crippen LogP contribution >= 0.6 is 0 Å². The van der Waals surface area contributed by atoms with Gasteiger partial charge in [-0.3, -0.25) is 9.59 Å². The minimum Gasteiger partial charge on any atom is -0.481 e. The molecular weight excluding hydrogens is 268 g/mol. The highest BCUT2D eigenvalue weighted by atomic mass is 16.4. The highest BCUT2D eigenvalue weighted by Gasteiger charge is 2.30. The van der Waals surface area contributed by atoms with E-state index in [0.717, 1.165) is 31.2 Å². The Hall–Kier alpha value is -1.88. The average Bonchev–Trinajstić information content (AvgIpc) is 2.72. The Morgan fingerprint density at radius 3 is 2.43 bits per heavy atom. The van der Waals surface area contributed by atoms with Gasteiger partial charge in [0.05, 0.1) is 5.92 Å². The molecule has 5 nitrogen and oxygen atoms in total. The minimum atomic E-state index is -0.819. The second-order valence-corrected chi connectivity index (χ2v) is 5.56. The third kappa shape index (κ3) is 4.04. The van der Waals surface area contributed by atoms with E-state index in [1.165, 1.54) is 0 Å². The molecule has 21 heavy (non-hydrogen) atoms. The van der Waals surface area contributed by atoms with Crippen LogP contribution in [-0.4, -0.2) is 23.0 Å². The molecule has 0 aromatic heterocycles. The molecule has 1 fully saturated rings. The molecule has 1 aliphatic rings. The molecule has 0 aliphatic heterocycles. The lowest BCUT2D eigenvalue weighted by atomic mass is 9.94. The summed E-state index contributed by atoms with van der Waals surface area (Å²) in [6, 6.07) is 6.80. The van der Waals surface area contributed by atoms with Crippen molar-refractivity contribution in [2.45, 2.75) is 44.7 Å². The zero-order valence-corrected chi connectivity index (χ0v) is 12.0. The lowest BCUT2D eigenvalue weighted by molar-refractivity contribution is -0.142. The van der Waals surface area contributed by atoms with E-state index in [-0.39, 0.29) is 11.9 Å². The summed E-state index contributed by atoms with van der Waals surface area (Å²) in [6.07, 6.45) is 4.26. The van der Waals surface area contributed by atoms with Gasteiger partial charge < -0.3 is 16.2 Å². The second-order valence-electron chi connectivity index (χ2n) is 5.56. The number of carbonyl (C=O) groups is 2. The van der Waals surface area contributed by atoms with Crippen molar-refractivity contribution >= 4 is 11.9 Å². The first kappa shape index (κ1) is 15.5. The van der Waals surface area contributed by atoms with E-state index in [1.54, 1.807) is 12.1 Å². The van der Waals surface area contributed by atoms with E-state index in [2.05, 4.69) is 5.32 Å². The van der Waals surface area contributed by atoms with Crippen molar-refractivity contribution in [3.05, 3.63) is 35.4 Å². The van der Waals surface area contributed by atoms with Gasteiger partial charge in [0.1, 0.15) is 0 Å². The first-order chi connectivity index (χ1) is 10.1. The number of aliphatic carboxylic acids is 1. The van der Waals surface area contributed by atoms with Crippen molar-refractivity contribution in [2.75, 3.05) is 0 Å². The number of hydrogen-bond acceptors (Lipinski definition) is 3. The Labute approximate surface area is 124 Å². The van der Waals surface area contributed by atoms with Gasteiger partial charge in [0.15, 0.2) is 0 Å². The number of benzene rings is 1. The molecule has 0 saturated heterocycles. The number of carboxylic acids is 1. The van der Waals surface area contributed by atoms with Crippen LogP contribution in [0.4, 0.5) is 0 Å².